The third-order valence-electron chi connectivity index (χ3n) is 7.48. The van der Waals surface area contributed by atoms with Gasteiger partial charge in [-0.2, -0.15) is 0 Å². The zero-order valence-corrected chi connectivity index (χ0v) is 25.5. The van der Waals surface area contributed by atoms with Crippen LogP contribution in [0, 0.1) is 0 Å². The van der Waals surface area contributed by atoms with Crippen LogP contribution in [0.5, 0.6) is 11.5 Å². The van der Waals surface area contributed by atoms with Gasteiger partial charge in [0.15, 0.2) is 23.8 Å². The molecule has 7 heteroatoms. The molecule has 1 atom stereocenters. The van der Waals surface area contributed by atoms with E-state index in [0.717, 1.165) is 43.0 Å². The second-order valence-electron chi connectivity index (χ2n) is 10.2. The standard InChI is InChI=1S/C31H44Cl2NO3.ClH/c1-4-5-6-7-8-9-10-11-12-13-29-26-20-31(37-3)30(36-2)19-25(26)24(16-17-35)22-34(29)21-23-14-15-27(32)28(33)18-23;/h14-15,18-20,24,35H,4-13,16-17,21-22H2,1-3H3;1H/q+1;/p-1. The van der Waals surface area contributed by atoms with Crippen molar-refractivity contribution in [3.05, 3.63) is 57.1 Å². The molecule has 38 heavy (non-hydrogen) atoms. The Kier molecular flexibility index (Phi) is 14.9. The molecule has 4 nitrogen and oxygen atoms in total. The monoisotopic (exact) mass is 583 g/mol. The number of benzene rings is 2. The van der Waals surface area contributed by atoms with E-state index in [-0.39, 0.29) is 24.9 Å². The molecule has 0 saturated heterocycles. The van der Waals surface area contributed by atoms with Crippen molar-refractivity contribution >= 4 is 28.9 Å². The van der Waals surface area contributed by atoms with E-state index in [2.05, 4.69) is 29.7 Å². The fourth-order valence-corrected chi connectivity index (χ4v) is 5.76. The summed E-state index contributed by atoms with van der Waals surface area (Å²) in [6, 6.07) is 10.1. The first-order valence-corrected chi connectivity index (χ1v) is 14.7. The largest absolute Gasteiger partial charge is 1.00 e. The second-order valence-corrected chi connectivity index (χ2v) is 11.0. The highest BCUT2D eigenvalue weighted by atomic mass is 35.5. The molecule has 2 aromatic rings. The topological polar surface area (TPSA) is 41.7 Å². The van der Waals surface area contributed by atoms with Gasteiger partial charge in [0.25, 0.3) is 0 Å². The van der Waals surface area contributed by atoms with Crippen LogP contribution in [-0.2, 0) is 6.54 Å². The van der Waals surface area contributed by atoms with Gasteiger partial charge in [-0.15, -0.1) is 0 Å². The zero-order valence-electron chi connectivity index (χ0n) is 23.2. The summed E-state index contributed by atoms with van der Waals surface area (Å²) >= 11 is 12.5. The summed E-state index contributed by atoms with van der Waals surface area (Å²) in [5.74, 6) is 1.68. The maximum atomic E-state index is 9.86. The van der Waals surface area contributed by atoms with Gasteiger partial charge >= 0.3 is 0 Å². The van der Waals surface area contributed by atoms with Crippen LogP contribution < -0.4 is 21.9 Å². The quantitative estimate of drug-likeness (QED) is 0.212. The maximum absolute atomic E-state index is 9.86. The van der Waals surface area contributed by atoms with Crippen molar-refractivity contribution in [3.63, 3.8) is 0 Å². The van der Waals surface area contributed by atoms with Gasteiger partial charge in [-0.05, 0) is 42.7 Å². The van der Waals surface area contributed by atoms with Crippen molar-refractivity contribution in [1.82, 2.24) is 0 Å². The summed E-state index contributed by atoms with van der Waals surface area (Å²) in [4.78, 5) is 0. The number of unbranched alkanes of at least 4 members (excludes halogenated alkanes) is 8. The molecule has 0 bridgehead atoms. The minimum absolute atomic E-state index is 0. The highest BCUT2D eigenvalue weighted by molar-refractivity contribution is 6.42. The minimum Gasteiger partial charge on any atom is -1.00 e. The lowest BCUT2D eigenvalue weighted by Gasteiger charge is -2.27. The lowest BCUT2D eigenvalue weighted by Crippen LogP contribution is -3.00. The first-order chi connectivity index (χ1) is 18.0. The van der Waals surface area contributed by atoms with E-state index < -0.39 is 0 Å². The lowest BCUT2D eigenvalue weighted by atomic mass is 9.84. The molecule has 0 fully saturated rings. The SMILES string of the molecule is CCCCCCCCCCCC1=[N+](Cc2ccc(Cl)c(Cl)c2)CC(CCO)c2cc(OC)c(OC)cc21.[Cl-]. The van der Waals surface area contributed by atoms with Gasteiger partial charge in [0.1, 0.15) is 6.54 Å². The Morgan fingerprint density at radius 2 is 1.50 bits per heavy atom. The Balaban J connectivity index is 0.00000507. The predicted octanol–water partition coefficient (Wildman–Crippen LogP) is 5.42. The Bertz CT molecular complexity index is 1040. The molecule has 0 spiro atoms. The van der Waals surface area contributed by atoms with Gasteiger partial charge in [0.05, 0.1) is 24.3 Å². The van der Waals surface area contributed by atoms with Crippen LogP contribution in [0.4, 0.5) is 0 Å². The molecule has 0 aromatic heterocycles. The van der Waals surface area contributed by atoms with Gasteiger partial charge < -0.3 is 27.0 Å². The van der Waals surface area contributed by atoms with E-state index in [4.69, 9.17) is 32.7 Å². The molecule has 1 unspecified atom stereocenters. The highest BCUT2D eigenvalue weighted by Gasteiger charge is 2.34. The third kappa shape index (κ3) is 9.05. The van der Waals surface area contributed by atoms with Gasteiger partial charge in [0, 0.05) is 30.1 Å². The highest BCUT2D eigenvalue weighted by Crippen LogP contribution is 2.38. The van der Waals surface area contributed by atoms with Crippen LogP contribution in [0.1, 0.15) is 100 Å². The average molecular weight is 585 g/mol. The molecule has 1 aliphatic rings. The van der Waals surface area contributed by atoms with Crippen LogP contribution in [-0.4, -0.2) is 42.8 Å². The summed E-state index contributed by atoms with van der Waals surface area (Å²) in [5.41, 5.74) is 4.91. The summed E-state index contributed by atoms with van der Waals surface area (Å²) in [6.07, 6.45) is 13.5. The van der Waals surface area contributed by atoms with Crippen molar-refractivity contribution in [1.29, 1.82) is 0 Å². The Morgan fingerprint density at radius 3 is 2.11 bits per heavy atom. The van der Waals surface area contributed by atoms with Gasteiger partial charge in [-0.25, -0.2) is 4.58 Å². The predicted molar refractivity (Wildman–Crippen MR) is 155 cm³/mol. The van der Waals surface area contributed by atoms with Crippen molar-refractivity contribution in [3.8, 4) is 11.5 Å². The molecule has 0 saturated carbocycles. The number of rotatable bonds is 16. The molecule has 1 heterocycles. The van der Waals surface area contributed by atoms with E-state index in [1.165, 1.54) is 68.2 Å². The number of aliphatic hydroxyl groups excluding tert-OH is 1. The summed E-state index contributed by atoms with van der Waals surface area (Å²) in [6.45, 7) is 4.01. The Labute approximate surface area is 245 Å². The average Bonchev–Trinajstić information content (AvgIpc) is 2.90. The molecule has 2 aromatic carbocycles. The molecule has 0 aliphatic carbocycles. The van der Waals surface area contributed by atoms with Crippen molar-refractivity contribution in [2.75, 3.05) is 27.4 Å². The Hall–Kier alpha value is -1.46. The number of nitrogens with zero attached hydrogens (tertiary/aromatic N) is 1. The number of ether oxygens (including phenoxy) is 2. The Morgan fingerprint density at radius 1 is 0.868 bits per heavy atom. The number of aliphatic hydroxyl groups is 1. The smallest absolute Gasteiger partial charge is 0.184 e. The van der Waals surface area contributed by atoms with Gasteiger partial charge in [-0.1, -0.05) is 87.6 Å². The maximum Gasteiger partial charge on any atom is 0.184 e. The zero-order chi connectivity index (χ0) is 26.6. The van der Waals surface area contributed by atoms with E-state index >= 15 is 0 Å². The van der Waals surface area contributed by atoms with E-state index in [9.17, 15) is 5.11 Å². The van der Waals surface area contributed by atoms with Crippen LogP contribution in [0.2, 0.25) is 10.0 Å². The number of fused-ring (bicyclic) bond motifs is 1. The fourth-order valence-electron chi connectivity index (χ4n) is 5.44. The number of hydrogen-bond donors (Lipinski definition) is 1. The molecule has 0 radical (unpaired) electrons. The van der Waals surface area contributed by atoms with Gasteiger partial charge in [0.2, 0.25) is 0 Å². The minimum atomic E-state index is 0. The van der Waals surface area contributed by atoms with Crippen molar-refractivity contribution < 1.29 is 31.6 Å². The third-order valence-corrected chi connectivity index (χ3v) is 8.22. The number of hydrogen-bond acceptors (Lipinski definition) is 3. The molecule has 1 N–H and O–H groups in total. The lowest BCUT2D eigenvalue weighted by molar-refractivity contribution is -0.549. The molecular weight excluding hydrogens is 541 g/mol. The first-order valence-electron chi connectivity index (χ1n) is 13.9. The molecule has 1 aliphatic heterocycles. The van der Waals surface area contributed by atoms with Crippen LogP contribution in [0.15, 0.2) is 30.3 Å². The van der Waals surface area contributed by atoms with E-state index in [1.54, 1.807) is 14.2 Å². The summed E-state index contributed by atoms with van der Waals surface area (Å²) in [7, 11) is 3.36. The van der Waals surface area contributed by atoms with E-state index in [0.29, 0.717) is 16.5 Å². The van der Waals surface area contributed by atoms with Crippen LogP contribution in [0.25, 0.3) is 0 Å². The first kappa shape index (κ1) is 32.8. The van der Waals surface area contributed by atoms with Gasteiger partial charge in [-0.3, -0.25) is 0 Å². The second kappa shape index (κ2) is 17.3. The summed E-state index contributed by atoms with van der Waals surface area (Å²) in [5, 5.41) is 11.0. The number of methoxy groups -OCH3 is 2. The van der Waals surface area contributed by atoms with Crippen molar-refractivity contribution in [2.24, 2.45) is 0 Å². The fraction of sp³-hybridized carbons (Fsp3) is 0.581. The molecule has 212 valence electrons. The molecule has 0 amide bonds. The molecule has 3 rings (SSSR count). The van der Waals surface area contributed by atoms with Crippen LogP contribution >= 0.6 is 23.2 Å². The number of halogens is 3. The molecular formula is C31H44Cl3NO3. The van der Waals surface area contributed by atoms with Crippen LogP contribution in [0.3, 0.4) is 0 Å². The van der Waals surface area contributed by atoms with E-state index in [1.807, 2.05) is 12.1 Å². The van der Waals surface area contributed by atoms with Crippen molar-refractivity contribution in [2.45, 2.75) is 90.0 Å². The summed E-state index contributed by atoms with van der Waals surface area (Å²) < 4.78 is 13.8. The normalized spacial score (nSPS) is 14.7.